The maximum atomic E-state index is 13.1. The molecule has 2 aliphatic rings. The molecule has 2 amide bonds. The Morgan fingerprint density at radius 1 is 1.28 bits per heavy atom. The van der Waals surface area contributed by atoms with Crippen LogP contribution in [0.3, 0.4) is 0 Å². The van der Waals surface area contributed by atoms with Crippen molar-refractivity contribution in [2.45, 2.75) is 39.3 Å². The van der Waals surface area contributed by atoms with Gasteiger partial charge in [0.25, 0.3) is 5.91 Å². The first-order chi connectivity index (χ1) is 12.0. The van der Waals surface area contributed by atoms with Crippen LogP contribution in [-0.4, -0.2) is 61.8 Å². The third-order valence-electron chi connectivity index (χ3n) is 5.36. The van der Waals surface area contributed by atoms with Gasteiger partial charge in [0.2, 0.25) is 0 Å². The molecule has 0 aromatic heterocycles. The van der Waals surface area contributed by atoms with Crippen LogP contribution >= 0.6 is 0 Å². The van der Waals surface area contributed by atoms with Crippen molar-refractivity contribution in [3.63, 3.8) is 0 Å². The Labute approximate surface area is 149 Å². The van der Waals surface area contributed by atoms with E-state index in [2.05, 4.69) is 13.0 Å². The highest BCUT2D eigenvalue weighted by Crippen LogP contribution is 2.32. The van der Waals surface area contributed by atoms with Crippen LogP contribution in [0.2, 0.25) is 0 Å². The predicted octanol–water partition coefficient (Wildman–Crippen LogP) is 0.710. The molecule has 1 saturated heterocycles. The number of para-hydroxylation sites is 1. The number of hydrogen-bond donors (Lipinski definition) is 1. The highest BCUT2D eigenvalue weighted by Gasteiger charge is 2.38. The van der Waals surface area contributed by atoms with Gasteiger partial charge in [-0.05, 0) is 38.8 Å². The molecule has 2 atom stereocenters. The fourth-order valence-corrected chi connectivity index (χ4v) is 3.91. The van der Waals surface area contributed by atoms with Crippen molar-refractivity contribution in [3.05, 3.63) is 29.8 Å². The van der Waals surface area contributed by atoms with Gasteiger partial charge in [0.15, 0.2) is 6.04 Å². The van der Waals surface area contributed by atoms with Crippen molar-refractivity contribution < 1.29 is 19.2 Å². The first kappa shape index (κ1) is 17.7. The smallest absolute Gasteiger partial charge is 0.410 e. The maximum absolute atomic E-state index is 13.1. The molecule has 1 fully saturated rings. The number of ether oxygens (including phenoxy) is 1. The number of benzene rings is 1. The van der Waals surface area contributed by atoms with Gasteiger partial charge in [-0.15, -0.1) is 0 Å². The molecule has 0 aliphatic carbocycles. The van der Waals surface area contributed by atoms with Crippen LogP contribution in [0.25, 0.3) is 0 Å². The van der Waals surface area contributed by atoms with Gasteiger partial charge in [0.05, 0.1) is 32.8 Å². The van der Waals surface area contributed by atoms with Gasteiger partial charge in [-0.2, -0.15) is 0 Å². The number of amides is 2. The number of rotatable bonds is 3. The van der Waals surface area contributed by atoms with Crippen molar-refractivity contribution in [1.29, 1.82) is 0 Å². The minimum absolute atomic E-state index is 0.113. The number of anilines is 1. The minimum atomic E-state index is -0.248. The van der Waals surface area contributed by atoms with Gasteiger partial charge in [-0.3, -0.25) is 9.69 Å². The molecule has 0 unspecified atom stereocenters. The summed E-state index contributed by atoms with van der Waals surface area (Å²) in [6.45, 7) is 9.15. The molecular formula is C19H28N3O3+. The van der Waals surface area contributed by atoms with E-state index >= 15 is 0 Å². The van der Waals surface area contributed by atoms with E-state index in [1.165, 1.54) is 10.5 Å². The molecule has 0 bridgehead atoms. The van der Waals surface area contributed by atoms with Crippen molar-refractivity contribution >= 4 is 17.7 Å². The summed E-state index contributed by atoms with van der Waals surface area (Å²) in [6, 6.07) is 8.26. The molecule has 0 radical (unpaired) electrons. The Balaban J connectivity index is 1.63. The molecule has 1 aromatic carbocycles. The number of nitrogens with one attached hydrogen (secondary N) is 1. The minimum Gasteiger partial charge on any atom is -0.450 e. The topological polar surface area (TPSA) is 54.3 Å². The molecule has 25 heavy (non-hydrogen) atoms. The van der Waals surface area contributed by atoms with Crippen LogP contribution < -0.4 is 9.80 Å². The van der Waals surface area contributed by atoms with Crippen LogP contribution in [0, 0.1) is 0 Å². The Morgan fingerprint density at radius 3 is 2.64 bits per heavy atom. The fourth-order valence-electron chi connectivity index (χ4n) is 3.91. The Hall–Kier alpha value is -2.08. The Kier molecular flexibility index (Phi) is 5.27. The van der Waals surface area contributed by atoms with Crippen molar-refractivity contribution in [2.75, 3.05) is 37.7 Å². The first-order valence-electron chi connectivity index (χ1n) is 9.20. The molecule has 0 spiro atoms. The van der Waals surface area contributed by atoms with E-state index in [1.54, 1.807) is 4.90 Å². The van der Waals surface area contributed by atoms with Gasteiger partial charge in [-0.1, -0.05) is 18.2 Å². The van der Waals surface area contributed by atoms with Crippen molar-refractivity contribution in [2.24, 2.45) is 0 Å². The lowest BCUT2D eigenvalue weighted by atomic mass is 10.1. The zero-order valence-electron chi connectivity index (χ0n) is 15.3. The molecule has 3 rings (SSSR count). The molecule has 2 heterocycles. The highest BCUT2D eigenvalue weighted by atomic mass is 16.6. The van der Waals surface area contributed by atoms with Crippen LogP contribution in [-0.2, 0) is 16.0 Å². The van der Waals surface area contributed by atoms with E-state index in [1.807, 2.05) is 36.9 Å². The van der Waals surface area contributed by atoms with E-state index in [0.29, 0.717) is 19.7 Å². The van der Waals surface area contributed by atoms with E-state index in [9.17, 15) is 9.59 Å². The lowest BCUT2D eigenvalue weighted by Gasteiger charge is -2.36. The second kappa shape index (κ2) is 7.44. The monoisotopic (exact) mass is 346 g/mol. The average molecular weight is 346 g/mol. The summed E-state index contributed by atoms with van der Waals surface area (Å²) in [5, 5.41) is 0. The number of fused-ring (bicyclic) bond motifs is 1. The average Bonchev–Trinajstić information content (AvgIpc) is 2.96. The summed E-state index contributed by atoms with van der Waals surface area (Å²) in [5.41, 5.74) is 2.30. The van der Waals surface area contributed by atoms with Gasteiger partial charge in [0, 0.05) is 11.7 Å². The summed E-state index contributed by atoms with van der Waals surface area (Å²) in [5.74, 6) is 0.178. The number of hydrogen-bond acceptors (Lipinski definition) is 3. The standard InChI is InChI=1S/C19H27N3O3/c1-4-25-19(24)21-11-9-20(10-12-21)15(3)18(23)22-14(2)13-16-7-5-6-8-17(16)22/h5-8,14-15H,4,9-13H2,1-3H3/p+1/t14-,15+/m1/s1. The molecular weight excluding hydrogens is 318 g/mol. The van der Waals surface area contributed by atoms with Crippen LogP contribution in [0.4, 0.5) is 10.5 Å². The quantitative estimate of drug-likeness (QED) is 0.877. The third kappa shape index (κ3) is 3.49. The fraction of sp³-hybridized carbons (Fsp3) is 0.579. The Bertz CT molecular complexity index is 641. The van der Waals surface area contributed by atoms with Crippen LogP contribution in [0.1, 0.15) is 26.3 Å². The zero-order valence-corrected chi connectivity index (χ0v) is 15.3. The Morgan fingerprint density at radius 2 is 1.96 bits per heavy atom. The van der Waals surface area contributed by atoms with Crippen molar-refractivity contribution in [1.82, 2.24) is 4.90 Å². The lowest BCUT2D eigenvalue weighted by Crippen LogP contribution is -3.19. The molecule has 2 aliphatic heterocycles. The van der Waals surface area contributed by atoms with E-state index in [-0.39, 0.29) is 24.1 Å². The summed E-state index contributed by atoms with van der Waals surface area (Å²) in [4.78, 5) is 29.9. The molecule has 0 saturated carbocycles. The zero-order chi connectivity index (χ0) is 18.0. The summed E-state index contributed by atoms with van der Waals surface area (Å²) in [6.07, 6.45) is 0.670. The van der Waals surface area contributed by atoms with E-state index in [4.69, 9.17) is 4.74 Å². The SMILES string of the molecule is CCOC(=O)N1CC[NH+]([C@@H](C)C(=O)N2c3ccccc3C[C@H]2C)CC1. The normalized spacial score (nSPS) is 21.8. The number of nitrogens with zero attached hydrogens (tertiary/aromatic N) is 2. The van der Waals surface area contributed by atoms with Crippen molar-refractivity contribution in [3.8, 4) is 0 Å². The molecule has 1 N–H and O–H groups in total. The van der Waals surface area contributed by atoms with Gasteiger partial charge >= 0.3 is 6.09 Å². The number of piperazine rings is 1. The van der Waals surface area contributed by atoms with Crippen LogP contribution in [0.15, 0.2) is 24.3 Å². The lowest BCUT2D eigenvalue weighted by molar-refractivity contribution is -0.917. The molecule has 1 aromatic rings. The number of quaternary nitrogens is 1. The first-order valence-corrected chi connectivity index (χ1v) is 9.20. The van der Waals surface area contributed by atoms with Gasteiger partial charge in [0.1, 0.15) is 0 Å². The molecule has 6 nitrogen and oxygen atoms in total. The number of carbonyl (C=O) groups is 2. The molecule has 6 heteroatoms. The van der Waals surface area contributed by atoms with E-state index in [0.717, 1.165) is 25.2 Å². The molecule has 136 valence electrons. The van der Waals surface area contributed by atoms with Crippen LogP contribution in [0.5, 0.6) is 0 Å². The largest absolute Gasteiger partial charge is 0.450 e. The summed E-state index contributed by atoms with van der Waals surface area (Å²) < 4.78 is 5.06. The summed E-state index contributed by atoms with van der Waals surface area (Å²) >= 11 is 0. The summed E-state index contributed by atoms with van der Waals surface area (Å²) in [7, 11) is 0. The predicted molar refractivity (Wildman–Crippen MR) is 95.8 cm³/mol. The maximum Gasteiger partial charge on any atom is 0.410 e. The highest BCUT2D eigenvalue weighted by molar-refractivity contribution is 5.98. The third-order valence-corrected chi connectivity index (χ3v) is 5.36. The number of carbonyl (C=O) groups excluding carboxylic acids is 2. The second-order valence-electron chi connectivity index (χ2n) is 6.96. The van der Waals surface area contributed by atoms with Gasteiger partial charge < -0.3 is 14.5 Å². The second-order valence-corrected chi connectivity index (χ2v) is 6.96. The van der Waals surface area contributed by atoms with E-state index < -0.39 is 0 Å². The van der Waals surface area contributed by atoms with Gasteiger partial charge in [-0.25, -0.2) is 4.79 Å².